The molecular weight excluding hydrogens is 246 g/mol. The number of aromatic nitrogens is 2. The van der Waals surface area contributed by atoms with Crippen LogP contribution in [0.25, 0.3) is 10.6 Å². The third kappa shape index (κ3) is 2.46. The zero-order chi connectivity index (χ0) is 13.3. The molecule has 0 unspecified atom stereocenters. The molecule has 0 fully saturated rings. The van der Waals surface area contributed by atoms with Gasteiger partial charge < -0.3 is 4.90 Å². The lowest BCUT2D eigenvalue weighted by molar-refractivity contribution is 0.0832. The number of nitrogens with one attached hydrogen (secondary N) is 1. The van der Waals surface area contributed by atoms with Gasteiger partial charge in [-0.1, -0.05) is 13.8 Å². The van der Waals surface area contributed by atoms with E-state index in [2.05, 4.69) is 24.0 Å². The Morgan fingerprint density at radius 3 is 2.67 bits per heavy atom. The fraction of sp³-hybridized carbons (Fsp3) is 0.385. The first-order valence-electron chi connectivity index (χ1n) is 5.86. The fourth-order valence-electron chi connectivity index (χ4n) is 1.57. The molecule has 2 heterocycles. The van der Waals surface area contributed by atoms with Gasteiger partial charge in [-0.05, 0) is 24.1 Å². The van der Waals surface area contributed by atoms with Gasteiger partial charge in [0.1, 0.15) is 5.69 Å². The third-order valence-corrected chi connectivity index (χ3v) is 3.79. The molecule has 0 aliphatic heterocycles. The van der Waals surface area contributed by atoms with Gasteiger partial charge in [0.2, 0.25) is 0 Å². The lowest BCUT2D eigenvalue weighted by atomic mass is 10.1. The second-order valence-corrected chi connectivity index (χ2v) is 5.81. The van der Waals surface area contributed by atoms with E-state index in [0.29, 0.717) is 5.92 Å². The molecule has 0 radical (unpaired) electrons. The zero-order valence-electron chi connectivity index (χ0n) is 11.0. The van der Waals surface area contributed by atoms with Crippen molar-refractivity contribution in [3.05, 3.63) is 28.8 Å². The number of hydrogen-bond acceptors (Lipinski definition) is 3. The SMILES string of the molecule is CC(C)c1cc(-c2ccc(C(=O)N(C)C)s2)n[nH]1. The standard InChI is InChI=1S/C13H17N3OS/c1-8(2)9-7-10(15-14-9)11-5-6-12(18-11)13(17)16(3)4/h5-8H,1-4H3,(H,14,15). The Kier molecular flexibility index (Phi) is 3.52. The van der Waals surface area contributed by atoms with Crippen molar-refractivity contribution >= 4 is 17.2 Å². The van der Waals surface area contributed by atoms with Gasteiger partial charge in [-0.25, -0.2) is 0 Å². The summed E-state index contributed by atoms with van der Waals surface area (Å²) in [6.07, 6.45) is 0. The summed E-state index contributed by atoms with van der Waals surface area (Å²) in [7, 11) is 3.51. The largest absolute Gasteiger partial charge is 0.344 e. The predicted octanol–water partition coefficient (Wildman–Crippen LogP) is 2.96. The number of hydrogen-bond donors (Lipinski definition) is 1. The summed E-state index contributed by atoms with van der Waals surface area (Å²) in [5, 5.41) is 7.31. The average molecular weight is 263 g/mol. The number of nitrogens with zero attached hydrogens (tertiary/aromatic N) is 2. The van der Waals surface area contributed by atoms with Crippen molar-refractivity contribution in [3.8, 4) is 10.6 Å². The number of amides is 1. The van der Waals surface area contributed by atoms with E-state index in [4.69, 9.17) is 0 Å². The minimum atomic E-state index is 0.0332. The monoisotopic (exact) mass is 263 g/mol. The molecule has 2 rings (SSSR count). The molecule has 0 saturated heterocycles. The van der Waals surface area contributed by atoms with Crippen molar-refractivity contribution in [2.75, 3.05) is 14.1 Å². The highest BCUT2D eigenvalue weighted by Crippen LogP contribution is 2.28. The number of thiophene rings is 1. The Hall–Kier alpha value is -1.62. The van der Waals surface area contributed by atoms with Crippen LogP contribution in [0.1, 0.15) is 35.1 Å². The summed E-state index contributed by atoms with van der Waals surface area (Å²) in [5.41, 5.74) is 2.01. The number of carbonyl (C=O) groups is 1. The zero-order valence-corrected chi connectivity index (χ0v) is 11.8. The van der Waals surface area contributed by atoms with Gasteiger partial charge in [0.05, 0.1) is 9.75 Å². The first-order valence-corrected chi connectivity index (χ1v) is 6.68. The van der Waals surface area contributed by atoms with Crippen LogP contribution in [0.5, 0.6) is 0 Å². The van der Waals surface area contributed by atoms with E-state index in [0.717, 1.165) is 21.1 Å². The summed E-state index contributed by atoms with van der Waals surface area (Å²) in [6.45, 7) is 4.24. The minimum absolute atomic E-state index is 0.0332. The van der Waals surface area contributed by atoms with E-state index >= 15 is 0 Å². The molecule has 18 heavy (non-hydrogen) atoms. The second-order valence-electron chi connectivity index (χ2n) is 4.73. The van der Waals surface area contributed by atoms with Gasteiger partial charge in [0.15, 0.2) is 0 Å². The molecule has 0 aromatic carbocycles. The quantitative estimate of drug-likeness (QED) is 0.925. The highest BCUT2D eigenvalue weighted by atomic mass is 32.1. The molecule has 0 atom stereocenters. The molecule has 5 heteroatoms. The smallest absolute Gasteiger partial charge is 0.263 e. The van der Waals surface area contributed by atoms with E-state index in [-0.39, 0.29) is 5.91 Å². The molecule has 0 spiro atoms. The highest BCUT2D eigenvalue weighted by molar-refractivity contribution is 7.17. The molecule has 1 N–H and O–H groups in total. The van der Waals surface area contributed by atoms with Crippen molar-refractivity contribution in [2.24, 2.45) is 0 Å². The van der Waals surface area contributed by atoms with Gasteiger partial charge >= 0.3 is 0 Å². The highest BCUT2D eigenvalue weighted by Gasteiger charge is 2.14. The summed E-state index contributed by atoms with van der Waals surface area (Å²) in [6, 6.07) is 5.84. The van der Waals surface area contributed by atoms with Crippen molar-refractivity contribution in [3.63, 3.8) is 0 Å². The van der Waals surface area contributed by atoms with Crippen molar-refractivity contribution in [2.45, 2.75) is 19.8 Å². The molecule has 0 aliphatic carbocycles. The number of H-pyrrole nitrogens is 1. The van der Waals surface area contributed by atoms with Crippen LogP contribution in [0.3, 0.4) is 0 Å². The molecule has 2 aromatic heterocycles. The van der Waals surface area contributed by atoms with E-state index < -0.39 is 0 Å². The maximum absolute atomic E-state index is 11.8. The molecular formula is C13H17N3OS. The average Bonchev–Trinajstić information content (AvgIpc) is 2.96. The van der Waals surface area contributed by atoms with Crippen LogP contribution in [0, 0.1) is 0 Å². The predicted molar refractivity (Wildman–Crippen MR) is 74.0 cm³/mol. The van der Waals surface area contributed by atoms with Crippen molar-refractivity contribution < 1.29 is 4.79 Å². The molecule has 96 valence electrons. The topological polar surface area (TPSA) is 49.0 Å². The van der Waals surface area contributed by atoms with Gasteiger partial charge in [0, 0.05) is 19.8 Å². The fourth-order valence-corrected chi connectivity index (χ4v) is 2.56. The van der Waals surface area contributed by atoms with Crippen LogP contribution in [0.2, 0.25) is 0 Å². The van der Waals surface area contributed by atoms with Crippen LogP contribution < -0.4 is 0 Å². The molecule has 2 aromatic rings. The van der Waals surface area contributed by atoms with Gasteiger partial charge in [-0.3, -0.25) is 9.89 Å². The Labute approximate surface area is 111 Å². The number of aromatic amines is 1. The summed E-state index contributed by atoms with van der Waals surface area (Å²) in [5.74, 6) is 0.458. The minimum Gasteiger partial charge on any atom is -0.344 e. The summed E-state index contributed by atoms with van der Waals surface area (Å²) < 4.78 is 0. The Morgan fingerprint density at radius 1 is 1.39 bits per heavy atom. The first-order chi connectivity index (χ1) is 8.49. The van der Waals surface area contributed by atoms with Gasteiger partial charge in [-0.15, -0.1) is 11.3 Å². The second kappa shape index (κ2) is 4.94. The molecule has 0 bridgehead atoms. The van der Waals surface area contributed by atoms with E-state index in [1.807, 2.05) is 18.2 Å². The molecule has 0 aliphatic rings. The Bertz CT molecular complexity index is 554. The maximum atomic E-state index is 11.8. The number of rotatable bonds is 3. The lowest BCUT2D eigenvalue weighted by Crippen LogP contribution is -2.20. The van der Waals surface area contributed by atoms with Crippen LogP contribution in [0.15, 0.2) is 18.2 Å². The van der Waals surface area contributed by atoms with E-state index in [1.54, 1.807) is 19.0 Å². The van der Waals surface area contributed by atoms with Gasteiger partial charge in [-0.2, -0.15) is 5.10 Å². The normalized spacial score (nSPS) is 10.9. The van der Waals surface area contributed by atoms with Gasteiger partial charge in [0.25, 0.3) is 5.91 Å². The molecule has 0 saturated carbocycles. The van der Waals surface area contributed by atoms with Crippen molar-refractivity contribution in [1.29, 1.82) is 0 Å². The third-order valence-electron chi connectivity index (χ3n) is 2.70. The first kappa shape index (κ1) is 12.8. The molecule has 4 nitrogen and oxygen atoms in total. The van der Waals surface area contributed by atoms with Crippen LogP contribution >= 0.6 is 11.3 Å². The van der Waals surface area contributed by atoms with Crippen LogP contribution in [0.4, 0.5) is 0 Å². The number of carbonyl (C=O) groups excluding carboxylic acids is 1. The lowest BCUT2D eigenvalue weighted by Gasteiger charge is -2.06. The van der Waals surface area contributed by atoms with Crippen LogP contribution in [-0.4, -0.2) is 35.1 Å². The van der Waals surface area contributed by atoms with Crippen LogP contribution in [-0.2, 0) is 0 Å². The molecule has 1 amide bonds. The van der Waals surface area contributed by atoms with E-state index in [9.17, 15) is 4.79 Å². The van der Waals surface area contributed by atoms with E-state index in [1.165, 1.54) is 11.3 Å². The van der Waals surface area contributed by atoms with Crippen molar-refractivity contribution in [1.82, 2.24) is 15.1 Å². The Balaban J connectivity index is 2.26. The summed E-state index contributed by atoms with van der Waals surface area (Å²) >= 11 is 1.47. The maximum Gasteiger partial charge on any atom is 0.263 e. The Morgan fingerprint density at radius 2 is 2.11 bits per heavy atom. The summed E-state index contributed by atoms with van der Waals surface area (Å²) in [4.78, 5) is 15.2.